The molecule has 1 atom stereocenters. The number of carboxylic acid groups (broad SMARTS) is 1. The number of hydrogen-bond donors (Lipinski definition) is 2. The Morgan fingerprint density at radius 2 is 2.13 bits per heavy atom. The Balaban J connectivity index is 5.32. The van der Waals surface area contributed by atoms with Crippen LogP contribution >= 0.6 is 0 Å². The summed E-state index contributed by atoms with van der Waals surface area (Å²) < 4.78 is 0. The Morgan fingerprint density at radius 3 is 2.33 bits per heavy atom. The zero-order chi connectivity index (χ0) is 12.0. The topological polar surface area (TPSA) is 66.6 Å². The lowest BCUT2D eigenvalue weighted by atomic mass is 9.97. The Labute approximate surface area is 91.1 Å². The molecule has 0 spiro atoms. The normalized spacial score (nSPS) is 14.7. The third kappa shape index (κ3) is 3.49. The first kappa shape index (κ1) is 13.9. The fraction of sp³-hybridized carbons (Fsp3) is 0.545. The van der Waals surface area contributed by atoms with E-state index in [0.29, 0.717) is 5.57 Å². The maximum Gasteiger partial charge on any atom is 0.333 e. The summed E-state index contributed by atoms with van der Waals surface area (Å²) in [5.41, 5.74) is 6.39. The van der Waals surface area contributed by atoms with Gasteiger partial charge in [-0.3, -0.25) is 0 Å². The van der Waals surface area contributed by atoms with Gasteiger partial charge in [0.2, 0.25) is 0 Å². The lowest BCUT2D eigenvalue weighted by Crippen LogP contribution is -2.31. The predicted octanol–water partition coefficient (Wildman–Crippen LogP) is 0.853. The monoisotopic (exact) mass is 212 g/mol. The third-order valence-corrected chi connectivity index (χ3v) is 2.40. The van der Waals surface area contributed by atoms with Crippen molar-refractivity contribution in [2.24, 2.45) is 5.73 Å². The molecule has 86 valence electrons. The summed E-state index contributed by atoms with van der Waals surface area (Å²) in [4.78, 5) is 12.9. The molecule has 0 aromatic carbocycles. The van der Waals surface area contributed by atoms with Gasteiger partial charge in [0.1, 0.15) is 0 Å². The van der Waals surface area contributed by atoms with E-state index in [2.05, 4.69) is 6.58 Å². The number of aliphatic carboxylic acids is 1. The summed E-state index contributed by atoms with van der Waals surface area (Å²) in [6, 6.07) is 0.0529. The van der Waals surface area contributed by atoms with Gasteiger partial charge in [-0.25, -0.2) is 4.79 Å². The number of nitrogens with zero attached hydrogens (tertiary/aromatic N) is 1. The molecule has 4 nitrogen and oxygen atoms in total. The fourth-order valence-corrected chi connectivity index (χ4v) is 1.65. The molecule has 0 saturated carbocycles. The highest BCUT2D eigenvalue weighted by Crippen LogP contribution is 2.17. The van der Waals surface area contributed by atoms with E-state index in [1.165, 1.54) is 0 Å². The van der Waals surface area contributed by atoms with Gasteiger partial charge in [-0.15, -0.1) is 0 Å². The summed E-state index contributed by atoms with van der Waals surface area (Å²) in [6.45, 7) is 5.69. The highest BCUT2D eigenvalue weighted by molar-refractivity contribution is 5.88. The predicted molar refractivity (Wildman–Crippen MR) is 61.7 cm³/mol. The number of nitrogens with two attached hydrogens (primary N) is 1. The largest absolute Gasteiger partial charge is 0.478 e. The first-order valence-electron chi connectivity index (χ1n) is 4.94. The van der Waals surface area contributed by atoms with Gasteiger partial charge in [-0.1, -0.05) is 19.6 Å². The quantitative estimate of drug-likeness (QED) is 0.506. The average molecular weight is 212 g/mol. The minimum Gasteiger partial charge on any atom is -0.478 e. The molecule has 0 aliphatic carbocycles. The summed E-state index contributed by atoms with van der Waals surface area (Å²) in [6.07, 6.45) is 2.41. The summed E-state index contributed by atoms with van der Waals surface area (Å²) in [5, 5.41) is 9.00. The van der Waals surface area contributed by atoms with E-state index in [1.807, 2.05) is 25.9 Å². The van der Waals surface area contributed by atoms with Crippen molar-refractivity contribution >= 4 is 5.97 Å². The van der Waals surface area contributed by atoms with Gasteiger partial charge in [-0.2, -0.15) is 0 Å². The van der Waals surface area contributed by atoms with Gasteiger partial charge >= 0.3 is 5.97 Å². The first-order valence-corrected chi connectivity index (χ1v) is 4.94. The van der Waals surface area contributed by atoms with Crippen molar-refractivity contribution < 1.29 is 9.90 Å². The van der Waals surface area contributed by atoms with Crippen molar-refractivity contribution in [2.75, 3.05) is 20.6 Å². The molecule has 0 amide bonds. The van der Waals surface area contributed by atoms with Crippen LogP contribution in [-0.4, -0.2) is 42.7 Å². The highest BCUT2D eigenvalue weighted by Gasteiger charge is 2.19. The highest BCUT2D eigenvalue weighted by atomic mass is 16.4. The molecule has 0 radical (unpaired) electrons. The van der Waals surface area contributed by atoms with Crippen molar-refractivity contribution in [3.8, 4) is 0 Å². The summed E-state index contributed by atoms with van der Waals surface area (Å²) >= 11 is 0. The minimum absolute atomic E-state index is 0.0288. The van der Waals surface area contributed by atoms with Gasteiger partial charge < -0.3 is 15.7 Å². The lowest BCUT2D eigenvalue weighted by Gasteiger charge is -2.25. The number of likely N-dealkylation sites (N-methyl/N-ethyl adjacent to an activating group) is 1. The minimum atomic E-state index is -0.965. The van der Waals surface area contributed by atoms with Gasteiger partial charge in [-0.05, 0) is 26.1 Å². The first-order chi connectivity index (χ1) is 6.99. The van der Waals surface area contributed by atoms with Crippen molar-refractivity contribution in [1.82, 2.24) is 4.90 Å². The van der Waals surface area contributed by atoms with Crippen LogP contribution in [0.2, 0.25) is 0 Å². The van der Waals surface area contributed by atoms with E-state index in [1.54, 1.807) is 6.08 Å². The second kappa shape index (κ2) is 6.37. The number of carboxylic acids is 1. The maximum absolute atomic E-state index is 11.0. The molecule has 0 saturated heterocycles. The molecular formula is C11H20N2O2. The molecular weight excluding hydrogens is 192 g/mol. The van der Waals surface area contributed by atoms with Crippen molar-refractivity contribution in [3.63, 3.8) is 0 Å². The number of carbonyl (C=O) groups is 1. The molecule has 0 aliphatic rings. The van der Waals surface area contributed by atoms with E-state index >= 15 is 0 Å². The summed E-state index contributed by atoms with van der Waals surface area (Å²) in [5.74, 6) is -0.965. The zero-order valence-electron chi connectivity index (χ0n) is 9.66. The fourth-order valence-electron chi connectivity index (χ4n) is 1.65. The van der Waals surface area contributed by atoms with Crippen LogP contribution in [0.1, 0.15) is 13.3 Å². The molecule has 1 unspecified atom stereocenters. The van der Waals surface area contributed by atoms with E-state index in [-0.39, 0.29) is 18.2 Å². The van der Waals surface area contributed by atoms with Crippen LogP contribution in [0.3, 0.4) is 0 Å². The molecule has 4 heteroatoms. The van der Waals surface area contributed by atoms with Gasteiger partial charge in [0, 0.05) is 12.6 Å². The Bertz CT molecular complexity index is 270. The molecule has 0 aromatic rings. The standard InChI is InChI=1S/C11H20N2O2/c1-5-8(9(7-12)11(14)15)10(6-2)13(3)4/h5,10H,1,6-7,12H2,2-4H3,(H,14,15)/b9-8-. The molecule has 0 bridgehead atoms. The molecule has 0 fully saturated rings. The second-order valence-corrected chi connectivity index (χ2v) is 3.53. The molecule has 15 heavy (non-hydrogen) atoms. The maximum atomic E-state index is 11.0. The van der Waals surface area contributed by atoms with Crippen molar-refractivity contribution in [2.45, 2.75) is 19.4 Å². The smallest absolute Gasteiger partial charge is 0.333 e. The van der Waals surface area contributed by atoms with Crippen LogP contribution in [0.5, 0.6) is 0 Å². The molecule has 0 rings (SSSR count). The van der Waals surface area contributed by atoms with Crippen LogP contribution in [0.15, 0.2) is 23.8 Å². The average Bonchev–Trinajstić information content (AvgIpc) is 2.16. The Kier molecular flexibility index (Phi) is 5.89. The van der Waals surface area contributed by atoms with Crippen LogP contribution in [-0.2, 0) is 4.79 Å². The molecule has 0 aliphatic heterocycles. The second-order valence-electron chi connectivity index (χ2n) is 3.53. The molecule has 3 N–H and O–H groups in total. The third-order valence-electron chi connectivity index (χ3n) is 2.40. The van der Waals surface area contributed by atoms with E-state index in [9.17, 15) is 4.79 Å². The van der Waals surface area contributed by atoms with Crippen LogP contribution in [0.4, 0.5) is 0 Å². The van der Waals surface area contributed by atoms with Gasteiger partial charge in [0.05, 0.1) is 5.57 Å². The molecule has 0 aromatic heterocycles. The van der Waals surface area contributed by atoms with Crippen LogP contribution in [0, 0.1) is 0 Å². The van der Waals surface area contributed by atoms with E-state index in [4.69, 9.17) is 10.8 Å². The number of rotatable bonds is 6. The Morgan fingerprint density at radius 1 is 1.60 bits per heavy atom. The summed E-state index contributed by atoms with van der Waals surface area (Å²) in [7, 11) is 3.82. The van der Waals surface area contributed by atoms with Crippen LogP contribution in [0.25, 0.3) is 0 Å². The van der Waals surface area contributed by atoms with Crippen LogP contribution < -0.4 is 5.73 Å². The Hall–Kier alpha value is -1.13. The SMILES string of the molecule is C=C/C(=C(\CN)C(=O)O)C(CC)N(C)C. The molecule has 0 heterocycles. The van der Waals surface area contributed by atoms with Gasteiger partial charge in [0.25, 0.3) is 0 Å². The zero-order valence-corrected chi connectivity index (χ0v) is 9.66. The van der Waals surface area contributed by atoms with Gasteiger partial charge in [0.15, 0.2) is 0 Å². The lowest BCUT2D eigenvalue weighted by molar-refractivity contribution is -0.132. The number of hydrogen-bond acceptors (Lipinski definition) is 3. The van der Waals surface area contributed by atoms with E-state index in [0.717, 1.165) is 6.42 Å². The van der Waals surface area contributed by atoms with Crippen molar-refractivity contribution in [3.05, 3.63) is 23.8 Å². The van der Waals surface area contributed by atoms with Crippen molar-refractivity contribution in [1.29, 1.82) is 0 Å². The van der Waals surface area contributed by atoms with E-state index < -0.39 is 5.97 Å².